The summed E-state index contributed by atoms with van der Waals surface area (Å²) in [6.45, 7) is -0.0123. The van der Waals surface area contributed by atoms with Gasteiger partial charge in [0.2, 0.25) is 0 Å². The number of rotatable bonds is 6. The fourth-order valence-corrected chi connectivity index (χ4v) is 1.54. The summed E-state index contributed by atoms with van der Waals surface area (Å²) >= 11 is 5.67. The molecule has 0 radical (unpaired) electrons. The molecule has 18 heavy (non-hydrogen) atoms. The average molecular weight is 283 g/mol. The van der Waals surface area contributed by atoms with Gasteiger partial charge in [-0.1, -0.05) is 6.07 Å². The van der Waals surface area contributed by atoms with Gasteiger partial charge >= 0.3 is 6.18 Å². The van der Waals surface area contributed by atoms with E-state index in [1.165, 1.54) is 7.11 Å². The predicted octanol–water partition coefficient (Wildman–Crippen LogP) is 4.16. The second kappa shape index (κ2) is 6.73. The molecule has 0 heterocycles. The molecule has 0 aliphatic heterocycles. The molecule has 1 aromatic rings. The van der Waals surface area contributed by atoms with Gasteiger partial charge in [0.05, 0.1) is 13.7 Å². The first kappa shape index (κ1) is 15.0. The van der Waals surface area contributed by atoms with Gasteiger partial charge in [-0.3, -0.25) is 0 Å². The lowest BCUT2D eigenvalue weighted by Gasteiger charge is -2.12. The summed E-state index contributed by atoms with van der Waals surface area (Å²) in [6.07, 6.45) is -5.09. The molecule has 0 atom stereocenters. The lowest BCUT2D eigenvalue weighted by atomic mass is 10.2. The zero-order valence-corrected chi connectivity index (χ0v) is 10.6. The van der Waals surface area contributed by atoms with Crippen molar-refractivity contribution in [1.82, 2.24) is 0 Å². The SMILES string of the molecule is COc1ccc(CCl)cc1OCCCC(F)(F)F. The third-order valence-corrected chi connectivity index (χ3v) is 2.55. The van der Waals surface area contributed by atoms with E-state index < -0.39 is 12.6 Å². The topological polar surface area (TPSA) is 18.5 Å². The molecule has 0 aliphatic rings. The van der Waals surface area contributed by atoms with E-state index in [9.17, 15) is 13.2 Å². The van der Waals surface area contributed by atoms with Crippen LogP contribution < -0.4 is 9.47 Å². The summed E-state index contributed by atoms with van der Waals surface area (Å²) in [5.74, 6) is 1.21. The molecular formula is C12H14ClF3O2. The van der Waals surface area contributed by atoms with E-state index in [4.69, 9.17) is 21.1 Å². The van der Waals surface area contributed by atoms with Crippen molar-refractivity contribution in [2.24, 2.45) is 0 Å². The minimum absolute atomic E-state index is 0.0123. The van der Waals surface area contributed by atoms with Crippen LogP contribution in [0.15, 0.2) is 18.2 Å². The number of hydrogen-bond acceptors (Lipinski definition) is 2. The second-order valence-electron chi connectivity index (χ2n) is 3.69. The van der Waals surface area contributed by atoms with E-state index in [0.29, 0.717) is 17.4 Å². The van der Waals surface area contributed by atoms with Gasteiger partial charge < -0.3 is 9.47 Å². The van der Waals surface area contributed by atoms with Gasteiger partial charge in [-0.05, 0) is 24.1 Å². The third-order valence-electron chi connectivity index (χ3n) is 2.24. The maximum atomic E-state index is 11.9. The molecule has 0 aliphatic carbocycles. The molecule has 0 aromatic heterocycles. The maximum absolute atomic E-state index is 11.9. The van der Waals surface area contributed by atoms with Gasteiger partial charge in [0.25, 0.3) is 0 Å². The number of halogens is 4. The highest BCUT2D eigenvalue weighted by Gasteiger charge is 2.26. The molecule has 1 rings (SSSR count). The Labute approximate surface area is 109 Å². The van der Waals surface area contributed by atoms with Crippen LogP contribution in [0.25, 0.3) is 0 Å². The van der Waals surface area contributed by atoms with Crippen LogP contribution in [0, 0.1) is 0 Å². The zero-order chi connectivity index (χ0) is 13.6. The highest BCUT2D eigenvalue weighted by atomic mass is 35.5. The van der Waals surface area contributed by atoms with Crippen molar-refractivity contribution in [2.75, 3.05) is 13.7 Å². The molecule has 0 saturated carbocycles. The smallest absolute Gasteiger partial charge is 0.389 e. The van der Waals surface area contributed by atoms with Crippen LogP contribution in [-0.2, 0) is 5.88 Å². The number of methoxy groups -OCH3 is 1. The second-order valence-corrected chi connectivity index (χ2v) is 3.95. The van der Waals surface area contributed by atoms with Crippen molar-refractivity contribution >= 4 is 11.6 Å². The first-order valence-corrected chi connectivity index (χ1v) is 5.92. The Kier molecular flexibility index (Phi) is 5.59. The Morgan fingerprint density at radius 2 is 1.94 bits per heavy atom. The van der Waals surface area contributed by atoms with Gasteiger partial charge in [-0.15, -0.1) is 11.6 Å². The minimum Gasteiger partial charge on any atom is -0.493 e. The van der Waals surface area contributed by atoms with Crippen molar-refractivity contribution in [3.05, 3.63) is 23.8 Å². The van der Waals surface area contributed by atoms with E-state index in [1.807, 2.05) is 0 Å². The molecular weight excluding hydrogens is 269 g/mol. The van der Waals surface area contributed by atoms with Crippen molar-refractivity contribution < 1.29 is 22.6 Å². The molecule has 1 aromatic carbocycles. The monoisotopic (exact) mass is 282 g/mol. The average Bonchev–Trinajstić information content (AvgIpc) is 2.33. The molecule has 0 saturated heterocycles. The lowest BCUT2D eigenvalue weighted by molar-refractivity contribution is -0.136. The Hall–Kier alpha value is -1.10. The van der Waals surface area contributed by atoms with Gasteiger partial charge in [0.15, 0.2) is 11.5 Å². The summed E-state index contributed by atoms with van der Waals surface area (Å²) in [5, 5.41) is 0. The van der Waals surface area contributed by atoms with Gasteiger partial charge in [0.1, 0.15) is 0 Å². The van der Waals surface area contributed by atoms with E-state index in [2.05, 4.69) is 0 Å². The van der Waals surface area contributed by atoms with Gasteiger partial charge in [-0.2, -0.15) is 13.2 Å². The number of benzene rings is 1. The molecule has 102 valence electrons. The molecule has 2 nitrogen and oxygen atoms in total. The largest absolute Gasteiger partial charge is 0.493 e. The first-order valence-electron chi connectivity index (χ1n) is 5.38. The Bertz CT molecular complexity index is 380. The van der Waals surface area contributed by atoms with E-state index in [-0.39, 0.29) is 13.0 Å². The summed E-state index contributed by atoms with van der Waals surface area (Å²) in [6, 6.07) is 5.12. The van der Waals surface area contributed by atoms with E-state index in [1.54, 1.807) is 18.2 Å². The van der Waals surface area contributed by atoms with Crippen LogP contribution in [-0.4, -0.2) is 19.9 Å². The Morgan fingerprint density at radius 1 is 1.22 bits per heavy atom. The highest BCUT2D eigenvalue weighted by Crippen LogP contribution is 2.29. The zero-order valence-electron chi connectivity index (χ0n) is 9.89. The molecule has 0 unspecified atom stereocenters. The van der Waals surface area contributed by atoms with Crippen molar-refractivity contribution in [2.45, 2.75) is 24.9 Å². The summed E-state index contributed by atoms with van der Waals surface area (Å²) in [7, 11) is 1.47. The quantitative estimate of drug-likeness (QED) is 0.576. The molecule has 6 heteroatoms. The van der Waals surface area contributed by atoms with E-state index in [0.717, 1.165) is 5.56 Å². The molecule has 0 amide bonds. The van der Waals surface area contributed by atoms with Crippen molar-refractivity contribution in [1.29, 1.82) is 0 Å². The third kappa shape index (κ3) is 5.04. The van der Waals surface area contributed by atoms with Crippen LogP contribution in [0.1, 0.15) is 18.4 Å². The number of ether oxygens (including phenoxy) is 2. The number of hydrogen-bond donors (Lipinski definition) is 0. The van der Waals surface area contributed by atoms with Crippen LogP contribution in [0.3, 0.4) is 0 Å². The van der Waals surface area contributed by atoms with Crippen LogP contribution in [0.5, 0.6) is 11.5 Å². The minimum atomic E-state index is -4.15. The molecule has 0 bridgehead atoms. The van der Waals surface area contributed by atoms with Crippen LogP contribution in [0.2, 0.25) is 0 Å². The van der Waals surface area contributed by atoms with Gasteiger partial charge in [-0.25, -0.2) is 0 Å². The fraction of sp³-hybridized carbons (Fsp3) is 0.500. The standard InChI is InChI=1S/C12H14ClF3O2/c1-17-10-4-3-9(8-13)7-11(10)18-6-2-5-12(14,15)16/h3-4,7H,2,5-6,8H2,1H3. The van der Waals surface area contributed by atoms with E-state index >= 15 is 0 Å². The maximum Gasteiger partial charge on any atom is 0.389 e. The molecule has 0 N–H and O–H groups in total. The number of alkyl halides is 4. The summed E-state index contributed by atoms with van der Waals surface area (Å²) in [5.41, 5.74) is 0.822. The predicted molar refractivity (Wildman–Crippen MR) is 63.3 cm³/mol. The summed E-state index contributed by atoms with van der Waals surface area (Å²) in [4.78, 5) is 0. The Morgan fingerprint density at radius 3 is 2.50 bits per heavy atom. The highest BCUT2D eigenvalue weighted by molar-refractivity contribution is 6.17. The van der Waals surface area contributed by atoms with Crippen molar-refractivity contribution in [3.8, 4) is 11.5 Å². The fourth-order valence-electron chi connectivity index (χ4n) is 1.37. The van der Waals surface area contributed by atoms with Crippen LogP contribution in [0.4, 0.5) is 13.2 Å². The van der Waals surface area contributed by atoms with Crippen LogP contribution >= 0.6 is 11.6 Å². The Balaban J connectivity index is 2.54. The first-order chi connectivity index (χ1) is 8.46. The lowest BCUT2D eigenvalue weighted by Crippen LogP contribution is -2.10. The normalized spacial score (nSPS) is 11.4. The molecule has 0 fully saturated rings. The molecule has 0 spiro atoms. The van der Waals surface area contributed by atoms with Crippen molar-refractivity contribution in [3.63, 3.8) is 0 Å². The summed E-state index contributed by atoms with van der Waals surface area (Å²) < 4.78 is 46.2. The van der Waals surface area contributed by atoms with Gasteiger partial charge in [0, 0.05) is 12.3 Å².